The molecule has 29 heavy (non-hydrogen) atoms. The number of benzene rings is 1. The molecule has 2 aromatic heterocycles. The van der Waals surface area contributed by atoms with Gasteiger partial charge in [0.15, 0.2) is 0 Å². The molecule has 0 bridgehead atoms. The Labute approximate surface area is 183 Å². The minimum atomic E-state index is 0.0314. The lowest BCUT2D eigenvalue weighted by Gasteiger charge is -2.30. The van der Waals surface area contributed by atoms with E-state index in [0.717, 1.165) is 51.1 Å². The van der Waals surface area contributed by atoms with Crippen LogP contribution in [-0.2, 0) is 0 Å². The number of halogens is 1. The van der Waals surface area contributed by atoms with E-state index in [1.165, 1.54) is 17.0 Å². The van der Waals surface area contributed by atoms with Crippen LogP contribution >= 0.6 is 27.3 Å². The SMILES string of the molecule is CN(C)c1cc(NC2CCC(NC(=O)c3ccc(Br)s3)CC2)nc2ccccc12. The number of para-hydroxylation sites is 1. The Kier molecular flexibility index (Phi) is 6.06. The standard InChI is InChI=1S/C22H25BrN4OS/c1-27(2)18-13-21(26-17-6-4-3-5-16(17)18)24-14-7-9-15(10-8-14)25-22(28)19-11-12-20(23)29-19/h3-6,11-15H,7-10H2,1-2H3,(H,24,26)(H,25,28). The number of hydrogen-bond acceptors (Lipinski definition) is 5. The molecule has 4 rings (SSSR count). The number of amides is 1. The van der Waals surface area contributed by atoms with E-state index in [4.69, 9.17) is 4.98 Å². The van der Waals surface area contributed by atoms with Crippen molar-refractivity contribution in [2.45, 2.75) is 37.8 Å². The fourth-order valence-corrected chi connectivity index (χ4v) is 5.17. The summed E-state index contributed by atoms with van der Waals surface area (Å²) < 4.78 is 0.982. The topological polar surface area (TPSA) is 57.3 Å². The van der Waals surface area contributed by atoms with Crippen LogP contribution in [0.25, 0.3) is 10.9 Å². The van der Waals surface area contributed by atoms with Gasteiger partial charge in [-0.15, -0.1) is 11.3 Å². The highest BCUT2D eigenvalue weighted by molar-refractivity contribution is 9.11. The molecule has 2 heterocycles. The van der Waals surface area contributed by atoms with Crippen molar-refractivity contribution in [1.82, 2.24) is 10.3 Å². The maximum absolute atomic E-state index is 12.4. The van der Waals surface area contributed by atoms with Crippen LogP contribution in [0.5, 0.6) is 0 Å². The van der Waals surface area contributed by atoms with Gasteiger partial charge in [0.05, 0.1) is 14.2 Å². The van der Waals surface area contributed by atoms with E-state index in [-0.39, 0.29) is 11.9 Å². The molecule has 1 aliphatic rings. The molecule has 0 spiro atoms. The molecule has 3 aromatic rings. The van der Waals surface area contributed by atoms with E-state index >= 15 is 0 Å². The molecule has 0 aliphatic heterocycles. The van der Waals surface area contributed by atoms with E-state index in [1.807, 2.05) is 18.2 Å². The zero-order valence-corrected chi connectivity index (χ0v) is 19.0. The number of pyridine rings is 1. The highest BCUT2D eigenvalue weighted by Gasteiger charge is 2.23. The van der Waals surface area contributed by atoms with Crippen LogP contribution in [-0.4, -0.2) is 37.1 Å². The molecule has 0 saturated heterocycles. The lowest BCUT2D eigenvalue weighted by atomic mass is 9.91. The Morgan fingerprint density at radius 3 is 2.52 bits per heavy atom. The third kappa shape index (κ3) is 4.73. The van der Waals surface area contributed by atoms with Crippen LogP contribution in [0.1, 0.15) is 35.4 Å². The normalized spacial score (nSPS) is 19.1. The Morgan fingerprint density at radius 2 is 1.83 bits per heavy atom. The van der Waals surface area contributed by atoms with Crippen molar-refractivity contribution < 1.29 is 4.79 Å². The van der Waals surface area contributed by atoms with Crippen molar-refractivity contribution in [1.29, 1.82) is 0 Å². The molecule has 152 valence electrons. The summed E-state index contributed by atoms with van der Waals surface area (Å²) in [4.78, 5) is 20.1. The van der Waals surface area contributed by atoms with Gasteiger partial charge in [0, 0.05) is 43.3 Å². The molecule has 1 aromatic carbocycles. The van der Waals surface area contributed by atoms with Gasteiger partial charge in [-0.05, 0) is 59.8 Å². The second-order valence-corrected chi connectivity index (χ2v) is 10.2. The summed E-state index contributed by atoms with van der Waals surface area (Å²) in [7, 11) is 4.12. The first-order valence-electron chi connectivity index (χ1n) is 9.89. The molecule has 2 N–H and O–H groups in total. The molecule has 0 atom stereocenters. The third-order valence-electron chi connectivity index (χ3n) is 5.39. The van der Waals surface area contributed by atoms with Crippen molar-refractivity contribution in [3.8, 4) is 0 Å². The largest absolute Gasteiger partial charge is 0.377 e. The van der Waals surface area contributed by atoms with Gasteiger partial charge >= 0.3 is 0 Å². The molecule has 0 unspecified atom stereocenters. The molecule has 1 amide bonds. The van der Waals surface area contributed by atoms with E-state index in [0.29, 0.717) is 6.04 Å². The third-order valence-corrected chi connectivity index (χ3v) is 7.01. The molecule has 1 aliphatic carbocycles. The number of rotatable bonds is 5. The van der Waals surface area contributed by atoms with Crippen molar-refractivity contribution in [3.63, 3.8) is 0 Å². The molecular formula is C22H25BrN4OS. The van der Waals surface area contributed by atoms with Crippen molar-refractivity contribution in [3.05, 3.63) is 51.1 Å². The van der Waals surface area contributed by atoms with Crippen LogP contribution < -0.4 is 15.5 Å². The number of carbonyl (C=O) groups is 1. The summed E-state index contributed by atoms with van der Waals surface area (Å²) in [6.07, 6.45) is 3.99. The van der Waals surface area contributed by atoms with Gasteiger partial charge < -0.3 is 15.5 Å². The Hall–Kier alpha value is -2.12. The van der Waals surface area contributed by atoms with Gasteiger partial charge in [0.2, 0.25) is 0 Å². The van der Waals surface area contributed by atoms with Gasteiger partial charge in [-0.2, -0.15) is 0 Å². The Bertz CT molecular complexity index is 1010. The first kappa shape index (κ1) is 20.2. The summed E-state index contributed by atoms with van der Waals surface area (Å²) >= 11 is 4.89. The summed E-state index contributed by atoms with van der Waals surface area (Å²) in [5.41, 5.74) is 2.17. The van der Waals surface area contributed by atoms with Crippen molar-refractivity contribution >= 4 is 55.6 Å². The second kappa shape index (κ2) is 8.71. The molecule has 0 radical (unpaired) electrons. The van der Waals surface area contributed by atoms with Gasteiger partial charge in [0.25, 0.3) is 5.91 Å². The van der Waals surface area contributed by atoms with Gasteiger partial charge in [-0.1, -0.05) is 18.2 Å². The number of nitrogens with one attached hydrogen (secondary N) is 2. The van der Waals surface area contributed by atoms with Crippen molar-refractivity contribution in [2.75, 3.05) is 24.3 Å². The maximum atomic E-state index is 12.4. The van der Waals surface area contributed by atoms with E-state index < -0.39 is 0 Å². The van der Waals surface area contributed by atoms with Gasteiger partial charge in [-0.3, -0.25) is 4.79 Å². The van der Waals surface area contributed by atoms with Crippen LogP contribution in [0.4, 0.5) is 11.5 Å². The monoisotopic (exact) mass is 472 g/mol. The number of fused-ring (bicyclic) bond motifs is 1. The van der Waals surface area contributed by atoms with Crippen molar-refractivity contribution in [2.24, 2.45) is 0 Å². The lowest BCUT2D eigenvalue weighted by Crippen LogP contribution is -2.40. The maximum Gasteiger partial charge on any atom is 0.261 e. The second-order valence-electron chi connectivity index (χ2n) is 7.71. The number of thiophene rings is 1. The zero-order chi connectivity index (χ0) is 20.4. The summed E-state index contributed by atoms with van der Waals surface area (Å²) in [6, 6.07) is 14.8. The predicted molar refractivity (Wildman–Crippen MR) is 125 cm³/mol. The van der Waals surface area contributed by atoms with Crippen LogP contribution in [0.3, 0.4) is 0 Å². The average molecular weight is 473 g/mol. The quantitative estimate of drug-likeness (QED) is 0.530. The first-order chi connectivity index (χ1) is 14.0. The summed E-state index contributed by atoms with van der Waals surface area (Å²) in [5, 5.41) is 7.97. The number of hydrogen-bond donors (Lipinski definition) is 2. The summed E-state index contributed by atoms with van der Waals surface area (Å²) in [5.74, 6) is 0.951. The van der Waals surface area contributed by atoms with Crippen LogP contribution in [0.15, 0.2) is 46.3 Å². The number of carbonyl (C=O) groups excluding carboxylic acids is 1. The Morgan fingerprint density at radius 1 is 1.10 bits per heavy atom. The molecule has 1 fully saturated rings. The van der Waals surface area contributed by atoms with E-state index in [2.05, 4.69) is 69.8 Å². The van der Waals surface area contributed by atoms with Crippen LogP contribution in [0.2, 0.25) is 0 Å². The lowest BCUT2D eigenvalue weighted by molar-refractivity contribution is 0.0930. The predicted octanol–water partition coefficient (Wildman–Crippen LogP) is 5.28. The van der Waals surface area contributed by atoms with E-state index in [9.17, 15) is 4.79 Å². The minimum absolute atomic E-state index is 0.0314. The smallest absolute Gasteiger partial charge is 0.261 e. The molecule has 1 saturated carbocycles. The first-order valence-corrected chi connectivity index (χ1v) is 11.5. The zero-order valence-electron chi connectivity index (χ0n) is 16.6. The fourth-order valence-electron chi connectivity index (χ4n) is 3.89. The average Bonchev–Trinajstić information content (AvgIpc) is 3.15. The number of aromatic nitrogens is 1. The highest BCUT2D eigenvalue weighted by atomic mass is 79.9. The van der Waals surface area contributed by atoms with Gasteiger partial charge in [-0.25, -0.2) is 4.98 Å². The number of nitrogens with zero attached hydrogens (tertiary/aromatic N) is 2. The van der Waals surface area contributed by atoms with Gasteiger partial charge in [0.1, 0.15) is 5.82 Å². The highest BCUT2D eigenvalue weighted by Crippen LogP contribution is 2.29. The van der Waals surface area contributed by atoms with Crippen LogP contribution in [0, 0.1) is 0 Å². The minimum Gasteiger partial charge on any atom is -0.377 e. The molecular weight excluding hydrogens is 448 g/mol. The molecule has 7 heteroatoms. The van der Waals surface area contributed by atoms with E-state index in [1.54, 1.807) is 0 Å². The molecule has 5 nitrogen and oxygen atoms in total. The Balaban J connectivity index is 1.38. The number of anilines is 2. The fraction of sp³-hybridized carbons (Fsp3) is 0.364. The summed E-state index contributed by atoms with van der Waals surface area (Å²) in [6.45, 7) is 0.